The van der Waals surface area contributed by atoms with Crippen LogP contribution in [0.5, 0.6) is 0 Å². The zero-order valence-corrected chi connectivity index (χ0v) is 8.26. The third kappa shape index (κ3) is 1.42. The van der Waals surface area contributed by atoms with Gasteiger partial charge in [0.25, 0.3) is 0 Å². The normalized spacial score (nSPS) is 10.7. The van der Waals surface area contributed by atoms with E-state index in [1.54, 1.807) is 0 Å². The summed E-state index contributed by atoms with van der Waals surface area (Å²) in [6, 6.07) is 6.52. The van der Waals surface area contributed by atoms with Gasteiger partial charge in [-0.15, -0.1) is 0 Å². The van der Waals surface area contributed by atoms with E-state index in [0.717, 1.165) is 5.52 Å². The van der Waals surface area contributed by atoms with Crippen LogP contribution < -0.4 is 0 Å². The van der Waals surface area contributed by atoms with Crippen LogP contribution in [0.2, 0.25) is 0 Å². The Hall–Kier alpha value is -1.37. The van der Waals surface area contributed by atoms with Crippen LogP contribution in [0.1, 0.15) is 16.7 Å². The highest BCUT2D eigenvalue weighted by atomic mass is 14.6. The van der Waals surface area contributed by atoms with E-state index in [-0.39, 0.29) is 0 Å². The van der Waals surface area contributed by atoms with E-state index in [0.29, 0.717) is 0 Å². The van der Waals surface area contributed by atoms with Crippen molar-refractivity contribution in [1.82, 2.24) is 4.98 Å². The molecule has 0 atom stereocenters. The molecule has 1 heteroatoms. The molecule has 1 heterocycles. The molecule has 0 aliphatic heterocycles. The average Bonchev–Trinajstić information content (AvgIpc) is 2.06. The Labute approximate surface area is 78.4 Å². The summed E-state index contributed by atoms with van der Waals surface area (Å²) in [6.45, 7) is 6.32. The third-order valence-corrected chi connectivity index (χ3v) is 2.29. The molecule has 66 valence electrons. The first kappa shape index (κ1) is 8.24. The first-order valence-electron chi connectivity index (χ1n) is 4.50. The predicted octanol–water partition coefficient (Wildman–Crippen LogP) is 3.16. The molecule has 0 amide bonds. The van der Waals surface area contributed by atoms with E-state index in [2.05, 4.69) is 44.0 Å². The summed E-state index contributed by atoms with van der Waals surface area (Å²) < 4.78 is 0. The van der Waals surface area contributed by atoms with Gasteiger partial charge in [-0.25, -0.2) is 0 Å². The second-order valence-corrected chi connectivity index (χ2v) is 3.66. The maximum Gasteiger partial charge on any atom is 0.0707 e. The van der Waals surface area contributed by atoms with E-state index < -0.39 is 0 Å². The lowest BCUT2D eigenvalue weighted by atomic mass is 10.1. The largest absolute Gasteiger partial charge is 0.256 e. The van der Waals surface area contributed by atoms with E-state index in [1.165, 1.54) is 22.1 Å². The van der Waals surface area contributed by atoms with Gasteiger partial charge in [0.05, 0.1) is 5.52 Å². The number of hydrogen-bond donors (Lipinski definition) is 0. The predicted molar refractivity (Wildman–Crippen MR) is 56.0 cm³/mol. The Morgan fingerprint density at radius 2 is 1.69 bits per heavy atom. The highest BCUT2D eigenvalue weighted by Crippen LogP contribution is 2.19. The standard InChI is InChI=1S/C12H13N/c1-8-4-10(3)11-5-9(2)7-13-12(11)6-8/h4-7H,1-3H3. The summed E-state index contributed by atoms with van der Waals surface area (Å²) in [5, 5.41) is 1.27. The molecule has 1 aromatic heterocycles. The molecule has 0 saturated carbocycles. The molecule has 0 fully saturated rings. The van der Waals surface area contributed by atoms with Crippen molar-refractivity contribution in [2.24, 2.45) is 0 Å². The third-order valence-electron chi connectivity index (χ3n) is 2.29. The monoisotopic (exact) mass is 171 g/mol. The number of nitrogens with zero attached hydrogens (tertiary/aromatic N) is 1. The van der Waals surface area contributed by atoms with Crippen molar-refractivity contribution in [3.63, 3.8) is 0 Å². The van der Waals surface area contributed by atoms with E-state index in [1.807, 2.05) is 6.20 Å². The Morgan fingerprint density at radius 3 is 2.46 bits per heavy atom. The summed E-state index contributed by atoms with van der Waals surface area (Å²) in [5.41, 5.74) is 4.91. The molecule has 0 N–H and O–H groups in total. The van der Waals surface area contributed by atoms with E-state index in [4.69, 9.17) is 0 Å². The van der Waals surface area contributed by atoms with Crippen LogP contribution in [0.15, 0.2) is 24.4 Å². The van der Waals surface area contributed by atoms with Crippen LogP contribution in [-0.2, 0) is 0 Å². The van der Waals surface area contributed by atoms with Crippen LogP contribution in [0, 0.1) is 20.8 Å². The zero-order chi connectivity index (χ0) is 9.42. The molecule has 1 aromatic carbocycles. The van der Waals surface area contributed by atoms with E-state index >= 15 is 0 Å². The molecule has 2 rings (SSSR count). The summed E-state index contributed by atoms with van der Waals surface area (Å²) in [5.74, 6) is 0. The fourth-order valence-electron chi connectivity index (χ4n) is 1.69. The van der Waals surface area contributed by atoms with Crippen molar-refractivity contribution >= 4 is 10.9 Å². The second-order valence-electron chi connectivity index (χ2n) is 3.66. The molecule has 0 spiro atoms. The molecular formula is C12H13N. The molecule has 0 unspecified atom stereocenters. The van der Waals surface area contributed by atoms with Crippen LogP contribution in [0.4, 0.5) is 0 Å². The average molecular weight is 171 g/mol. The first-order chi connectivity index (χ1) is 6.16. The summed E-state index contributed by atoms with van der Waals surface area (Å²) >= 11 is 0. The van der Waals surface area contributed by atoms with Crippen molar-refractivity contribution in [3.05, 3.63) is 41.1 Å². The Balaban J connectivity index is 2.87. The minimum Gasteiger partial charge on any atom is -0.256 e. The number of fused-ring (bicyclic) bond motifs is 1. The lowest BCUT2D eigenvalue weighted by molar-refractivity contribution is 1.31. The van der Waals surface area contributed by atoms with Gasteiger partial charge in [0.2, 0.25) is 0 Å². The van der Waals surface area contributed by atoms with Crippen LogP contribution in [0.3, 0.4) is 0 Å². The van der Waals surface area contributed by atoms with Crippen molar-refractivity contribution in [2.45, 2.75) is 20.8 Å². The van der Waals surface area contributed by atoms with Gasteiger partial charge in [0.15, 0.2) is 0 Å². The number of aryl methyl sites for hydroxylation is 3. The highest BCUT2D eigenvalue weighted by molar-refractivity contribution is 5.83. The lowest BCUT2D eigenvalue weighted by Crippen LogP contribution is -1.86. The van der Waals surface area contributed by atoms with Gasteiger partial charge >= 0.3 is 0 Å². The van der Waals surface area contributed by atoms with Gasteiger partial charge in [-0.3, -0.25) is 4.98 Å². The molecule has 0 saturated heterocycles. The Bertz CT molecular complexity index is 458. The van der Waals surface area contributed by atoms with Crippen LogP contribution in [-0.4, -0.2) is 4.98 Å². The highest BCUT2D eigenvalue weighted by Gasteiger charge is 1.99. The molecular weight excluding hydrogens is 158 g/mol. The SMILES string of the molecule is Cc1cc(C)c2cc(C)cnc2c1. The maximum absolute atomic E-state index is 4.40. The Morgan fingerprint density at radius 1 is 0.923 bits per heavy atom. The molecule has 13 heavy (non-hydrogen) atoms. The number of pyridine rings is 1. The number of rotatable bonds is 0. The second kappa shape index (κ2) is 2.84. The first-order valence-corrected chi connectivity index (χ1v) is 4.50. The molecule has 0 bridgehead atoms. The molecule has 2 aromatic rings. The van der Waals surface area contributed by atoms with Crippen molar-refractivity contribution in [1.29, 1.82) is 0 Å². The molecule has 1 nitrogen and oxygen atoms in total. The minimum atomic E-state index is 1.10. The van der Waals surface area contributed by atoms with Crippen molar-refractivity contribution in [3.8, 4) is 0 Å². The summed E-state index contributed by atoms with van der Waals surface area (Å²) in [4.78, 5) is 4.40. The minimum absolute atomic E-state index is 1.10. The molecule has 0 aliphatic rings. The van der Waals surface area contributed by atoms with Crippen LogP contribution in [0.25, 0.3) is 10.9 Å². The Kier molecular flexibility index (Phi) is 1.80. The van der Waals surface area contributed by atoms with Crippen LogP contribution >= 0.6 is 0 Å². The topological polar surface area (TPSA) is 12.9 Å². The number of hydrogen-bond acceptors (Lipinski definition) is 1. The zero-order valence-electron chi connectivity index (χ0n) is 8.26. The van der Waals surface area contributed by atoms with Gasteiger partial charge < -0.3 is 0 Å². The van der Waals surface area contributed by atoms with Gasteiger partial charge in [-0.2, -0.15) is 0 Å². The van der Waals surface area contributed by atoms with Gasteiger partial charge in [-0.1, -0.05) is 6.07 Å². The quantitative estimate of drug-likeness (QED) is 0.593. The fourth-order valence-corrected chi connectivity index (χ4v) is 1.69. The maximum atomic E-state index is 4.40. The smallest absolute Gasteiger partial charge is 0.0707 e. The summed E-state index contributed by atoms with van der Waals surface area (Å²) in [7, 11) is 0. The molecule has 0 aliphatic carbocycles. The number of benzene rings is 1. The fraction of sp³-hybridized carbons (Fsp3) is 0.250. The van der Waals surface area contributed by atoms with E-state index in [9.17, 15) is 0 Å². The number of aromatic nitrogens is 1. The van der Waals surface area contributed by atoms with Crippen molar-refractivity contribution < 1.29 is 0 Å². The van der Waals surface area contributed by atoms with Gasteiger partial charge in [0, 0.05) is 11.6 Å². The van der Waals surface area contributed by atoms with Gasteiger partial charge in [0.1, 0.15) is 0 Å². The molecule has 0 radical (unpaired) electrons. The van der Waals surface area contributed by atoms with Gasteiger partial charge in [-0.05, 0) is 49.6 Å². The summed E-state index contributed by atoms with van der Waals surface area (Å²) in [6.07, 6.45) is 1.92. The van der Waals surface area contributed by atoms with Crippen molar-refractivity contribution in [2.75, 3.05) is 0 Å². The lowest BCUT2D eigenvalue weighted by Gasteiger charge is -2.03.